The first-order valence-corrected chi connectivity index (χ1v) is 5.64. The predicted molar refractivity (Wildman–Crippen MR) is 61.1 cm³/mol. The van der Waals surface area contributed by atoms with Gasteiger partial charge in [-0.15, -0.1) is 11.3 Å². The van der Waals surface area contributed by atoms with Gasteiger partial charge < -0.3 is 9.47 Å². The Hall–Kier alpha value is -1.69. The van der Waals surface area contributed by atoms with Gasteiger partial charge in [-0.1, -0.05) is 0 Å². The summed E-state index contributed by atoms with van der Waals surface area (Å²) in [6.45, 7) is 1.42. The van der Waals surface area contributed by atoms with Crippen molar-refractivity contribution in [1.29, 1.82) is 0 Å². The number of hydrogen-bond acceptors (Lipinski definition) is 6. The number of esters is 2. The SMILES string of the molecule is COC(=O)C(C(=O)OC)c1csc(C(C)=O)c1. The molecule has 17 heavy (non-hydrogen) atoms. The highest BCUT2D eigenvalue weighted by atomic mass is 32.1. The van der Waals surface area contributed by atoms with E-state index in [0.29, 0.717) is 10.4 Å². The molecule has 0 aliphatic carbocycles. The Morgan fingerprint density at radius 1 is 1.18 bits per heavy atom. The summed E-state index contributed by atoms with van der Waals surface area (Å²) in [6.07, 6.45) is 0. The normalized spacial score (nSPS) is 10.1. The summed E-state index contributed by atoms with van der Waals surface area (Å²) in [5.41, 5.74) is 0.416. The Labute approximate surface area is 102 Å². The van der Waals surface area contributed by atoms with Crippen LogP contribution in [0.4, 0.5) is 0 Å². The van der Waals surface area contributed by atoms with Crippen molar-refractivity contribution in [1.82, 2.24) is 0 Å². The predicted octanol–water partition coefficient (Wildman–Crippen LogP) is 1.38. The molecule has 6 heteroatoms. The van der Waals surface area contributed by atoms with Crippen LogP contribution in [0.1, 0.15) is 28.1 Å². The van der Waals surface area contributed by atoms with Crippen LogP contribution in [-0.4, -0.2) is 31.9 Å². The molecule has 1 aromatic rings. The van der Waals surface area contributed by atoms with Crippen LogP contribution in [0.2, 0.25) is 0 Å². The van der Waals surface area contributed by atoms with E-state index in [1.807, 2.05) is 0 Å². The van der Waals surface area contributed by atoms with E-state index in [1.165, 1.54) is 38.5 Å². The molecular weight excluding hydrogens is 244 g/mol. The van der Waals surface area contributed by atoms with Crippen LogP contribution in [-0.2, 0) is 19.1 Å². The van der Waals surface area contributed by atoms with Gasteiger partial charge in [0.2, 0.25) is 0 Å². The summed E-state index contributed by atoms with van der Waals surface area (Å²) in [7, 11) is 2.38. The number of hydrogen-bond donors (Lipinski definition) is 0. The van der Waals surface area contributed by atoms with E-state index in [4.69, 9.17) is 0 Å². The number of ketones is 1. The summed E-state index contributed by atoms with van der Waals surface area (Å²) >= 11 is 1.18. The third-order valence-electron chi connectivity index (χ3n) is 2.17. The van der Waals surface area contributed by atoms with E-state index in [-0.39, 0.29) is 5.78 Å². The molecule has 92 valence electrons. The van der Waals surface area contributed by atoms with Crippen molar-refractivity contribution in [2.24, 2.45) is 0 Å². The summed E-state index contributed by atoms with van der Waals surface area (Å²) in [5.74, 6) is -2.65. The van der Waals surface area contributed by atoms with Crippen molar-refractivity contribution >= 4 is 29.1 Å². The number of thiophene rings is 1. The average Bonchev–Trinajstić information content (AvgIpc) is 2.78. The van der Waals surface area contributed by atoms with Crippen molar-refractivity contribution in [2.75, 3.05) is 14.2 Å². The summed E-state index contributed by atoms with van der Waals surface area (Å²) < 4.78 is 9.08. The third-order valence-corrected chi connectivity index (χ3v) is 3.22. The Balaban J connectivity index is 3.08. The van der Waals surface area contributed by atoms with Crippen molar-refractivity contribution < 1.29 is 23.9 Å². The second-order valence-corrected chi connectivity index (χ2v) is 4.19. The quantitative estimate of drug-likeness (QED) is 0.462. The minimum atomic E-state index is -1.13. The first-order chi connectivity index (χ1) is 8.01. The number of carbonyl (C=O) groups is 3. The zero-order valence-electron chi connectivity index (χ0n) is 9.68. The van der Waals surface area contributed by atoms with E-state index in [9.17, 15) is 14.4 Å². The van der Waals surface area contributed by atoms with E-state index in [2.05, 4.69) is 9.47 Å². The standard InChI is InChI=1S/C11H12O5S/c1-6(12)8-4-7(5-17-8)9(10(13)15-2)11(14)16-3/h4-5,9H,1-3H3. The first-order valence-electron chi connectivity index (χ1n) is 4.76. The van der Waals surface area contributed by atoms with Crippen LogP contribution in [0, 0.1) is 0 Å². The second kappa shape index (κ2) is 5.58. The van der Waals surface area contributed by atoms with Gasteiger partial charge in [-0.3, -0.25) is 14.4 Å². The number of rotatable bonds is 4. The van der Waals surface area contributed by atoms with Crippen molar-refractivity contribution in [3.8, 4) is 0 Å². The second-order valence-electron chi connectivity index (χ2n) is 3.28. The zero-order valence-corrected chi connectivity index (χ0v) is 10.5. The molecule has 0 amide bonds. The minimum Gasteiger partial charge on any atom is -0.468 e. The molecular formula is C11H12O5S. The lowest BCUT2D eigenvalue weighted by Crippen LogP contribution is -2.23. The van der Waals surface area contributed by atoms with Crippen LogP contribution in [0.3, 0.4) is 0 Å². The highest BCUT2D eigenvalue weighted by Gasteiger charge is 2.31. The zero-order chi connectivity index (χ0) is 13.0. The molecule has 1 heterocycles. The molecule has 0 aromatic carbocycles. The Bertz CT molecular complexity index is 432. The Morgan fingerprint density at radius 2 is 1.71 bits per heavy atom. The summed E-state index contributed by atoms with van der Waals surface area (Å²) in [5, 5.41) is 1.58. The van der Waals surface area contributed by atoms with Crippen LogP contribution < -0.4 is 0 Å². The van der Waals surface area contributed by atoms with Gasteiger partial charge in [-0.2, -0.15) is 0 Å². The van der Waals surface area contributed by atoms with Gasteiger partial charge in [0.1, 0.15) is 0 Å². The van der Waals surface area contributed by atoms with Gasteiger partial charge >= 0.3 is 11.9 Å². The average molecular weight is 256 g/mol. The fraction of sp³-hybridized carbons (Fsp3) is 0.364. The molecule has 0 radical (unpaired) electrons. The minimum absolute atomic E-state index is 0.116. The number of ether oxygens (including phenoxy) is 2. The lowest BCUT2D eigenvalue weighted by molar-refractivity contribution is -0.154. The topological polar surface area (TPSA) is 69.7 Å². The molecule has 0 N–H and O–H groups in total. The fourth-order valence-electron chi connectivity index (χ4n) is 1.29. The van der Waals surface area contributed by atoms with Crippen molar-refractivity contribution in [2.45, 2.75) is 12.8 Å². The molecule has 1 rings (SSSR count). The maximum absolute atomic E-state index is 11.5. The molecule has 0 fully saturated rings. The fourth-order valence-corrected chi connectivity index (χ4v) is 2.13. The maximum Gasteiger partial charge on any atom is 0.324 e. The largest absolute Gasteiger partial charge is 0.468 e. The van der Waals surface area contributed by atoms with Gasteiger partial charge in [0.15, 0.2) is 11.7 Å². The smallest absolute Gasteiger partial charge is 0.324 e. The molecule has 0 saturated carbocycles. The highest BCUT2D eigenvalue weighted by molar-refractivity contribution is 7.12. The summed E-state index contributed by atoms with van der Waals surface area (Å²) in [4.78, 5) is 34.6. The van der Waals surface area contributed by atoms with E-state index >= 15 is 0 Å². The van der Waals surface area contributed by atoms with Gasteiger partial charge in [-0.05, 0) is 23.9 Å². The molecule has 0 aliphatic rings. The molecule has 0 unspecified atom stereocenters. The Morgan fingerprint density at radius 3 is 2.06 bits per heavy atom. The van der Waals surface area contributed by atoms with E-state index in [0.717, 1.165) is 0 Å². The number of methoxy groups -OCH3 is 2. The highest BCUT2D eigenvalue weighted by Crippen LogP contribution is 2.25. The molecule has 1 aromatic heterocycles. The van der Waals surface area contributed by atoms with Crippen molar-refractivity contribution in [3.63, 3.8) is 0 Å². The van der Waals surface area contributed by atoms with Gasteiger partial charge in [0, 0.05) is 0 Å². The lowest BCUT2D eigenvalue weighted by Gasteiger charge is -2.10. The van der Waals surface area contributed by atoms with E-state index < -0.39 is 17.9 Å². The van der Waals surface area contributed by atoms with Crippen molar-refractivity contribution in [3.05, 3.63) is 21.9 Å². The molecule has 0 saturated heterocycles. The van der Waals surface area contributed by atoms with Gasteiger partial charge in [0.25, 0.3) is 0 Å². The van der Waals surface area contributed by atoms with E-state index in [1.54, 1.807) is 5.38 Å². The van der Waals surface area contributed by atoms with Gasteiger partial charge in [-0.25, -0.2) is 0 Å². The number of Topliss-reactive ketones (excluding diaryl/α,β-unsaturated/α-hetero) is 1. The van der Waals surface area contributed by atoms with Crippen LogP contribution in [0.25, 0.3) is 0 Å². The van der Waals surface area contributed by atoms with Crippen LogP contribution in [0.5, 0.6) is 0 Å². The third kappa shape index (κ3) is 2.91. The Kier molecular flexibility index (Phi) is 4.39. The van der Waals surface area contributed by atoms with Crippen LogP contribution >= 0.6 is 11.3 Å². The summed E-state index contributed by atoms with van der Waals surface area (Å²) in [6, 6.07) is 1.51. The van der Waals surface area contributed by atoms with Gasteiger partial charge in [0.05, 0.1) is 19.1 Å². The molecule has 0 bridgehead atoms. The monoisotopic (exact) mass is 256 g/mol. The maximum atomic E-state index is 11.5. The molecule has 5 nitrogen and oxygen atoms in total. The first kappa shape index (κ1) is 13.4. The lowest BCUT2D eigenvalue weighted by atomic mass is 10.0. The molecule has 0 aliphatic heterocycles. The van der Waals surface area contributed by atoms with Crippen LogP contribution in [0.15, 0.2) is 11.4 Å². The molecule has 0 spiro atoms. The number of carbonyl (C=O) groups excluding carboxylic acids is 3. The molecule has 0 atom stereocenters.